The number of benzene rings is 1. The highest BCUT2D eigenvalue weighted by Crippen LogP contribution is 2.25. The Bertz CT molecular complexity index is 740. The van der Waals surface area contributed by atoms with Gasteiger partial charge in [0.1, 0.15) is 4.90 Å². The van der Waals surface area contributed by atoms with Crippen LogP contribution in [0.4, 0.5) is 5.69 Å². The molecular weight excluding hydrogens is 286 g/mol. The lowest BCUT2D eigenvalue weighted by molar-refractivity contribution is 0.593. The highest BCUT2D eigenvalue weighted by atomic mass is 32.2. The molecular formula is C15H19N3O2S. The van der Waals surface area contributed by atoms with Crippen LogP contribution in [0.3, 0.4) is 0 Å². The summed E-state index contributed by atoms with van der Waals surface area (Å²) in [5.41, 5.74) is 8.79. The molecule has 0 aliphatic heterocycles. The van der Waals surface area contributed by atoms with Crippen molar-refractivity contribution in [3.05, 3.63) is 53.3 Å². The number of hydrogen-bond donors (Lipinski definition) is 1. The van der Waals surface area contributed by atoms with Gasteiger partial charge in [-0.1, -0.05) is 17.7 Å². The van der Waals surface area contributed by atoms with E-state index in [2.05, 4.69) is 4.98 Å². The van der Waals surface area contributed by atoms with Crippen molar-refractivity contribution in [3.63, 3.8) is 0 Å². The number of anilines is 1. The number of sulfonamides is 1. The maximum Gasteiger partial charge on any atom is 0.265 e. The lowest BCUT2D eigenvalue weighted by atomic mass is 10.1. The monoisotopic (exact) mass is 305 g/mol. The largest absolute Gasteiger partial charge is 0.325 e. The van der Waals surface area contributed by atoms with Crippen molar-refractivity contribution in [1.29, 1.82) is 0 Å². The minimum absolute atomic E-state index is 0.155. The van der Waals surface area contributed by atoms with Crippen molar-refractivity contribution in [3.8, 4) is 0 Å². The Kier molecular flexibility index (Phi) is 4.29. The number of aryl methyl sites for hydroxylation is 2. The summed E-state index contributed by atoms with van der Waals surface area (Å²) in [5.74, 6) is 0. The van der Waals surface area contributed by atoms with E-state index in [0.29, 0.717) is 11.4 Å². The molecule has 0 saturated heterocycles. The Morgan fingerprint density at radius 3 is 2.43 bits per heavy atom. The molecule has 2 N–H and O–H groups in total. The molecule has 0 aliphatic carbocycles. The van der Waals surface area contributed by atoms with Crippen molar-refractivity contribution in [2.45, 2.75) is 25.3 Å². The van der Waals surface area contributed by atoms with Crippen LogP contribution in [0.15, 0.2) is 41.4 Å². The van der Waals surface area contributed by atoms with Gasteiger partial charge in [-0.3, -0.25) is 9.29 Å². The molecule has 6 heteroatoms. The summed E-state index contributed by atoms with van der Waals surface area (Å²) in [4.78, 5) is 4.20. The molecule has 1 heterocycles. The average Bonchev–Trinajstić information content (AvgIpc) is 2.46. The van der Waals surface area contributed by atoms with E-state index >= 15 is 0 Å². The molecule has 5 nitrogen and oxygen atoms in total. The van der Waals surface area contributed by atoms with Gasteiger partial charge in [-0.25, -0.2) is 8.42 Å². The van der Waals surface area contributed by atoms with E-state index in [4.69, 9.17) is 5.73 Å². The molecule has 0 amide bonds. The lowest BCUT2D eigenvalue weighted by Gasteiger charge is -2.21. The number of aromatic nitrogens is 1. The molecule has 0 bridgehead atoms. The van der Waals surface area contributed by atoms with Crippen LogP contribution in [-0.4, -0.2) is 20.4 Å². The molecule has 0 radical (unpaired) electrons. The van der Waals surface area contributed by atoms with Gasteiger partial charge in [0, 0.05) is 19.8 Å². The van der Waals surface area contributed by atoms with Crippen LogP contribution >= 0.6 is 0 Å². The van der Waals surface area contributed by atoms with Gasteiger partial charge in [-0.05, 0) is 37.6 Å². The molecule has 21 heavy (non-hydrogen) atoms. The number of nitrogens with zero attached hydrogens (tertiary/aromatic N) is 2. The maximum absolute atomic E-state index is 12.6. The predicted octanol–water partition coefficient (Wildman–Crippen LogP) is 1.98. The van der Waals surface area contributed by atoms with Crippen LogP contribution in [-0.2, 0) is 16.6 Å². The molecule has 0 unspecified atom stereocenters. The van der Waals surface area contributed by atoms with Crippen molar-refractivity contribution in [1.82, 2.24) is 4.98 Å². The highest BCUT2D eigenvalue weighted by Gasteiger charge is 2.22. The molecule has 2 aromatic rings. The molecule has 1 aromatic carbocycles. The zero-order chi connectivity index (χ0) is 15.6. The van der Waals surface area contributed by atoms with Crippen molar-refractivity contribution < 1.29 is 8.42 Å². The van der Waals surface area contributed by atoms with Crippen LogP contribution in [0.1, 0.15) is 16.8 Å². The van der Waals surface area contributed by atoms with Gasteiger partial charge >= 0.3 is 0 Å². The third-order valence-electron chi connectivity index (χ3n) is 3.36. The van der Waals surface area contributed by atoms with Crippen LogP contribution in [0.2, 0.25) is 0 Å². The van der Waals surface area contributed by atoms with Crippen LogP contribution in [0.25, 0.3) is 0 Å². The number of pyridine rings is 1. The molecule has 0 aliphatic rings. The summed E-state index contributed by atoms with van der Waals surface area (Å²) >= 11 is 0. The van der Waals surface area contributed by atoms with Gasteiger partial charge in [0.05, 0.1) is 11.4 Å². The molecule has 112 valence electrons. The normalized spacial score (nSPS) is 11.4. The number of rotatable bonds is 4. The lowest BCUT2D eigenvalue weighted by Crippen LogP contribution is -2.27. The molecule has 1 aromatic heterocycles. The summed E-state index contributed by atoms with van der Waals surface area (Å²) < 4.78 is 26.5. The third kappa shape index (κ3) is 3.06. The predicted molar refractivity (Wildman–Crippen MR) is 83.6 cm³/mol. The van der Waals surface area contributed by atoms with E-state index in [-0.39, 0.29) is 11.4 Å². The van der Waals surface area contributed by atoms with Crippen molar-refractivity contribution in [2.75, 3.05) is 11.4 Å². The first kappa shape index (κ1) is 15.5. The van der Waals surface area contributed by atoms with E-state index in [1.807, 2.05) is 32.0 Å². The minimum Gasteiger partial charge on any atom is -0.325 e. The fourth-order valence-corrected chi connectivity index (χ4v) is 3.34. The van der Waals surface area contributed by atoms with Crippen molar-refractivity contribution in [2.24, 2.45) is 5.73 Å². The van der Waals surface area contributed by atoms with Gasteiger partial charge < -0.3 is 5.73 Å². The summed E-state index contributed by atoms with van der Waals surface area (Å²) in [7, 11) is -2.08. The smallest absolute Gasteiger partial charge is 0.265 e. The maximum atomic E-state index is 12.6. The Hall–Kier alpha value is -1.92. The van der Waals surface area contributed by atoms with E-state index < -0.39 is 10.0 Å². The van der Waals surface area contributed by atoms with E-state index in [1.54, 1.807) is 13.1 Å². The van der Waals surface area contributed by atoms with Gasteiger partial charge in [-0.15, -0.1) is 0 Å². The topological polar surface area (TPSA) is 76.3 Å². The summed E-state index contributed by atoms with van der Waals surface area (Å²) in [5, 5.41) is 0. The first-order valence-electron chi connectivity index (χ1n) is 6.57. The fraction of sp³-hybridized carbons (Fsp3) is 0.267. The first-order valence-corrected chi connectivity index (χ1v) is 8.01. The minimum atomic E-state index is -3.62. The van der Waals surface area contributed by atoms with Gasteiger partial charge in [0.2, 0.25) is 0 Å². The molecule has 0 fully saturated rings. The van der Waals surface area contributed by atoms with Crippen LogP contribution in [0.5, 0.6) is 0 Å². The Labute approximate surface area is 125 Å². The second-order valence-corrected chi connectivity index (χ2v) is 6.92. The zero-order valence-corrected chi connectivity index (χ0v) is 13.2. The standard InChI is InChI=1S/C15H19N3O2S/c1-11-4-7-15(12(2)8-11)18(3)21(19,20)14-6-5-13(9-16)17-10-14/h4-8,10H,9,16H2,1-3H3. The quantitative estimate of drug-likeness (QED) is 0.937. The second kappa shape index (κ2) is 5.83. The number of hydrogen-bond acceptors (Lipinski definition) is 4. The summed E-state index contributed by atoms with van der Waals surface area (Å²) in [6.07, 6.45) is 1.34. The van der Waals surface area contributed by atoms with Crippen LogP contribution in [0, 0.1) is 13.8 Å². The van der Waals surface area contributed by atoms with E-state index in [9.17, 15) is 8.42 Å². The van der Waals surface area contributed by atoms with Gasteiger partial charge in [0.15, 0.2) is 0 Å². The van der Waals surface area contributed by atoms with Crippen molar-refractivity contribution >= 4 is 15.7 Å². The SMILES string of the molecule is Cc1ccc(N(C)S(=O)(=O)c2ccc(CN)nc2)c(C)c1. The average molecular weight is 305 g/mol. The fourth-order valence-electron chi connectivity index (χ4n) is 2.13. The Balaban J connectivity index is 2.42. The third-order valence-corrected chi connectivity index (χ3v) is 5.11. The molecule has 0 atom stereocenters. The Morgan fingerprint density at radius 2 is 1.90 bits per heavy atom. The van der Waals surface area contributed by atoms with Gasteiger partial charge in [-0.2, -0.15) is 0 Å². The Morgan fingerprint density at radius 1 is 1.19 bits per heavy atom. The second-order valence-electron chi connectivity index (χ2n) is 4.95. The number of nitrogens with two attached hydrogens (primary N) is 1. The highest BCUT2D eigenvalue weighted by molar-refractivity contribution is 7.92. The molecule has 2 rings (SSSR count). The van der Waals surface area contributed by atoms with E-state index in [1.165, 1.54) is 16.6 Å². The summed E-state index contributed by atoms with van der Waals surface area (Å²) in [6, 6.07) is 8.82. The first-order chi connectivity index (χ1) is 9.86. The van der Waals surface area contributed by atoms with Gasteiger partial charge in [0.25, 0.3) is 10.0 Å². The molecule has 0 spiro atoms. The molecule has 0 saturated carbocycles. The van der Waals surface area contributed by atoms with E-state index in [0.717, 1.165) is 11.1 Å². The zero-order valence-electron chi connectivity index (χ0n) is 12.4. The van der Waals surface area contributed by atoms with Crippen LogP contribution < -0.4 is 10.0 Å². The summed E-state index contributed by atoms with van der Waals surface area (Å²) in [6.45, 7) is 4.15.